The van der Waals surface area contributed by atoms with Crippen molar-refractivity contribution in [2.75, 3.05) is 14.2 Å². The maximum Gasteiger partial charge on any atom is 0.227 e. The molecule has 140 valence electrons. The predicted octanol–water partition coefficient (Wildman–Crippen LogP) is 2.79. The molecule has 1 aliphatic carbocycles. The number of carbonyl (C=O) groups is 1. The van der Waals surface area contributed by atoms with Crippen LogP contribution in [0.4, 0.5) is 0 Å². The van der Waals surface area contributed by atoms with Gasteiger partial charge < -0.3 is 14.4 Å². The minimum absolute atomic E-state index is 0.136. The second-order valence-corrected chi connectivity index (χ2v) is 6.88. The number of rotatable bonds is 7. The van der Waals surface area contributed by atoms with Crippen molar-refractivity contribution in [3.63, 3.8) is 0 Å². The summed E-state index contributed by atoms with van der Waals surface area (Å²) in [6.07, 6.45) is 2.50. The Kier molecular flexibility index (Phi) is 5.20. The number of carbonyl (C=O) groups excluding carboxylic acids is 1. The summed E-state index contributed by atoms with van der Waals surface area (Å²) in [5.74, 6) is 1.68. The molecule has 1 amide bonds. The number of ether oxygens (including phenoxy) is 2. The molecular formula is C20H27N3O3. The Hall–Kier alpha value is -2.50. The van der Waals surface area contributed by atoms with Gasteiger partial charge in [-0.25, -0.2) is 0 Å². The van der Waals surface area contributed by atoms with Crippen molar-refractivity contribution in [1.82, 2.24) is 14.7 Å². The van der Waals surface area contributed by atoms with Gasteiger partial charge in [0.1, 0.15) is 11.5 Å². The van der Waals surface area contributed by atoms with Crippen LogP contribution in [0.1, 0.15) is 35.4 Å². The quantitative estimate of drug-likeness (QED) is 0.765. The fourth-order valence-corrected chi connectivity index (χ4v) is 3.32. The highest BCUT2D eigenvalue weighted by Crippen LogP contribution is 2.32. The third-order valence-corrected chi connectivity index (χ3v) is 5.12. The molecule has 1 aromatic heterocycles. The van der Waals surface area contributed by atoms with Gasteiger partial charge in [0.15, 0.2) is 0 Å². The van der Waals surface area contributed by atoms with Crippen molar-refractivity contribution in [3.8, 4) is 11.5 Å². The lowest BCUT2D eigenvalue weighted by Crippen LogP contribution is -2.34. The van der Waals surface area contributed by atoms with Gasteiger partial charge in [0.25, 0.3) is 0 Å². The first-order valence-electron chi connectivity index (χ1n) is 8.94. The number of benzene rings is 1. The summed E-state index contributed by atoms with van der Waals surface area (Å²) in [5, 5.41) is 4.43. The van der Waals surface area contributed by atoms with E-state index in [0.29, 0.717) is 19.0 Å². The largest absolute Gasteiger partial charge is 0.497 e. The average Bonchev–Trinajstić information content (AvgIpc) is 3.44. The van der Waals surface area contributed by atoms with Crippen LogP contribution in [0.25, 0.3) is 0 Å². The first kappa shape index (κ1) is 18.3. The molecule has 6 heteroatoms. The van der Waals surface area contributed by atoms with Crippen LogP contribution in [0.5, 0.6) is 11.5 Å². The molecule has 0 saturated heterocycles. The van der Waals surface area contributed by atoms with Gasteiger partial charge in [-0.1, -0.05) is 0 Å². The lowest BCUT2D eigenvalue weighted by atomic mass is 10.1. The molecule has 3 rings (SSSR count). The second kappa shape index (κ2) is 7.40. The maximum atomic E-state index is 13.1. The third kappa shape index (κ3) is 3.69. The Morgan fingerprint density at radius 3 is 2.54 bits per heavy atom. The lowest BCUT2D eigenvalue weighted by molar-refractivity contribution is -0.131. The number of aromatic nitrogens is 2. The highest BCUT2D eigenvalue weighted by atomic mass is 16.5. The second-order valence-electron chi connectivity index (χ2n) is 6.88. The van der Waals surface area contributed by atoms with Gasteiger partial charge >= 0.3 is 0 Å². The molecule has 1 saturated carbocycles. The molecule has 1 aromatic carbocycles. The van der Waals surface area contributed by atoms with Gasteiger partial charge in [-0.3, -0.25) is 9.48 Å². The summed E-state index contributed by atoms with van der Waals surface area (Å²) < 4.78 is 12.6. The Labute approximate surface area is 154 Å². The van der Waals surface area contributed by atoms with E-state index < -0.39 is 0 Å². The normalized spacial score (nSPS) is 13.6. The molecule has 0 atom stereocenters. The summed E-state index contributed by atoms with van der Waals surface area (Å²) in [5.41, 5.74) is 3.96. The molecule has 6 nitrogen and oxygen atoms in total. The van der Waals surface area contributed by atoms with Gasteiger partial charge in [-0.15, -0.1) is 0 Å². The zero-order valence-corrected chi connectivity index (χ0v) is 16.2. The zero-order valence-electron chi connectivity index (χ0n) is 16.2. The summed E-state index contributed by atoms with van der Waals surface area (Å²) in [6, 6.07) is 6.02. The van der Waals surface area contributed by atoms with Crippen LogP contribution in [0, 0.1) is 13.8 Å². The number of aryl methyl sites for hydroxylation is 2. The Morgan fingerprint density at radius 2 is 2.00 bits per heavy atom. The fraction of sp³-hybridized carbons (Fsp3) is 0.500. The van der Waals surface area contributed by atoms with E-state index in [1.807, 2.05) is 48.7 Å². The van der Waals surface area contributed by atoms with E-state index in [2.05, 4.69) is 5.10 Å². The maximum absolute atomic E-state index is 13.1. The van der Waals surface area contributed by atoms with E-state index >= 15 is 0 Å². The number of methoxy groups -OCH3 is 2. The Bertz CT molecular complexity index is 809. The summed E-state index contributed by atoms with van der Waals surface area (Å²) in [6.45, 7) is 4.50. The first-order valence-corrected chi connectivity index (χ1v) is 8.94. The summed E-state index contributed by atoms with van der Waals surface area (Å²) >= 11 is 0. The van der Waals surface area contributed by atoms with Crippen molar-refractivity contribution in [1.29, 1.82) is 0 Å². The topological polar surface area (TPSA) is 56.6 Å². The van der Waals surface area contributed by atoms with Crippen LogP contribution in [0.2, 0.25) is 0 Å². The monoisotopic (exact) mass is 357 g/mol. The minimum Gasteiger partial charge on any atom is -0.497 e. The van der Waals surface area contributed by atoms with Crippen molar-refractivity contribution in [2.45, 2.75) is 45.7 Å². The summed E-state index contributed by atoms with van der Waals surface area (Å²) in [7, 11) is 5.20. The van der Waals surface area contributed by atoms with Crippen LogP contribution < -0.4 is 9.47 Å². The molecule has 0 radical (unpaired) electrons. The fourth-order valence-electron chi connectivity index (χ4n) is 3.32. The molecule has 1 heterocycles. The van der Waals surface area contributed by atoms with Gasteiger partial charge in [0.2, 0.25) is 5.91 Å². The molecule has 1 fully saturated rings. The van der Waals surface area contributed by atoms with E-state index in [1.54, 1.807) is 14.2 Å². The van der Waals surface area contributed by atoms with Crippen LogP contribution in [0.15, 0.2) is 18.2 Å². The highest BCUT2D eigenvalue weighted by Gasteiger charge is 2.33. The minimum atomic E-state index is 0.136. The Balaban J connectivity index is 1.83. The summed E-state index contributed by atoms with van der Waals surface area (Å²) in [4.78, 5) is 15.1. The molecule has 1 aliphatic rings. The van der Waals surface area contributed by atoms with E-state index in [0.717, 1.165) is 46.9 Å². The number of nitrogens with zero attached hydrogens (tertiary/aromatic N) is 3. The zero-order chi connectivity index (χ0) is 18.8. The van der Waals surface area contributed by atoms with Crippen LogP contribution in [-0.4, -0.2) is 40.8 Å². The smallest absolute Gasteiger partial charge is 0.227 e. The average molecular weight is 357 g/mol. The number of hydrogen-bond acceptors (Lipinski definition) is 4. The molecule has 0 bridgehead atoms. The molecule has 2 aromatic rings. The number of amides is 1. The van der Waals surface area contributed by atoms with Crippen LogP contribution >= 0.6 is 0 Å². The van der Waals surface area contributed by atoms with Gasteiger partial charge in [0, 0.05) is 36.5 Å². The third-order valence-electron chi connectivity index (χ3n) is 5.12. The van der Waals surface area contributed by atoms with Crippen molar-refractivity contribution in [2.24, 2.45) is 7.05 Å². The van der Waals surface area contributed by atoms with E-state index in [9.17, 15) is 4.79 Å². The van der Waals surface area contributed by atoms with Gasteiger partial charge in [-0.05, 0) is 44.9 Å². The Morgan fingerprint density at radius 1 is 1.27 bits per heavy atom. The van der Waals surface area contributed by atoms with Crippen molar-refractivity contribution in [3.05, 3.63) is 40.7 Å². The molecule has 0 unspecified atom stereocenters. The highest BCUT2D eigenvalue weighted by molar-refractivity contribution is 5.80. The predicted molar refractivity (Wildman–Crippen MR) is 99.5 cm³/mol. The molecule has 0 spiro atoms. The molecular weight excluding hydrogens is 330 g/mol. The van der Waals surface area contributed by atoms with E-state index in [1.165, 1.54) is 0 Å². The number of hydrogen-bond donors (Lipinski definition) is 0. The first-order chi connectivity index (χ1) is 12.4. The molecule has 26 heavy (non-hydrogen) atoms. The molecule has 0 aliphatic heterocycles. The lowest BCUT2D eigenvalue weighted by Gasteiger charge is -2.24. The van der Waals surface area contributed by atoms with E-state index in [4.69, 9.17) is 9.47 Å². The van der Waals surface area contributed by atoms with Gasteiger partial charge in [0.05, 0.1) is 26.3 Å². The van der Waals surface area contributed by atoms with Crippen LogP contribution in [0.3, 0.4) is 0 Å². The van der Waals surface area contributed by atoms with E-state index in [-0.39, 0.29) is 5.91 Å². The van der Waals surface area contributed by atoms with Gasteiger partial charge in [-0.2, -0.15) is 5.10 Å². The van der Waals surface area contributed by atoms with Crippen LogP contribution in [-0.2, 0) is 24.8 Å². The van der Waals surface area contributed by atoms with Crippen molar-refractivity contribution >= 4 is 5.91 Å². The standard InChI is InChI=1S/C20H27N3O3/c1-13-18(14(2)22(3)21-13)11-20(24)23(16-6-7-16)12-15-10-17(25-4)8-9-19(15)26-5/h8-10,16H,6-7,11-12H2,1-5H3. The van der Waals surface area contributed by atoms with Crippen molar-refractivity contribution < 1.29 is 14.3 Å². The SMILES string of the molecule is COc1ccc(OC)c(CN(C(=O)Cc2c(C)nn(C)c2C)C2CC2)c1. The molecule has 0 N–H and O–H groups in total.